The topological polar surface area (TPSA) is 54.5 Å². The molecule has 5 heteroatoms. The molecule has 0 bridgehead atoms. The minimum absolute atomic E-state index is 0.0284. The maximum Gasteiger partial charge on any atom is 0.223 e. The molecule has 116 valence electrons. The van der Waals surface area contributed by atoms with Crippen molar-refractivity contribution in [3.05, 3.63) is 0 Å². The number of carbonyl (C=O) groups excluding carboxylic acids is 1. The van der Waals surface area contributed by atoms with E-state index < -0.39 is 9.84 Å². The predicted octanol–water partition coefficient (Wildman–Crippen LogP) is 2.38. The van der Waals surface area contributed by atoms with Gasteiger partial charge in [0.15, 0.2) is 9.84 Å². The molecule has 1 heterocycles. The van der Waals surface area contributed by atoms with Crippen molar-refractivity contribution in [2.24, 2.45) is 5.92 Å². The van der Waals surface area contributed by atoms with Gasteiger partial charge in [0, 0.05) is 19.5 Å². The van der Waals surface area contributed by atoms with Gasteiger partial charge in [0.25, 0.3) is 0 Å². The number of carbonyl (C=O) groups is 1. The second-order valence-electron chi connectivity index (χ2n) is 6.44. The fourth-order valence-corrected chi connectivity index (χ4v) is 5.16. The van der Waals surface area contributed by atoms with Gasteiger partial charge in [-0.15, -0.1) is 0 Å². The van der Waals surface area contributed by atoms with Crippen molar-refractivity contribution in [2.45, 2.75) is 63.5 Å². The molecule has 2 fully saturated rings. The highest BCUT2D eigenvalue weighted by atomic mass is 32.2. The monoisotopic (exact) mass is 301 g/mol. The van der Waals surface area contributed by atoms with Crippen LogP contribution in [-0.2, 0) is 14.6 Å². The van der Waals surface area contributed by atoms with Crippen molar-refractivity contribution in [3.63, 3.8) is 0 Å². The van der Waals surface area contributed by atoms with Crippen molar-refractivity contribution >= 4 is 15.7 Å². The van der Waals surface area contributed by atoms with E-state index in [4.69, 9.17) is 0 Å². The molecule has 1 atom stereocenters. The lowest BCUT2D eigenvalue weighted by molar-refractivity contribution is -0.130. The highest BCUT2D eigenvalue weighted by Crippen LogP contribution is 2.25. The molecule has 20 heavy (non-hydrogen) atoms. The Morgan fingerprint density at radius 2 is 1.75 bits per heavy atom. The minimum Gasteiger partial charge on any atom is -0.343 e. The lowest BCUT2D eigenvalue weighted by Gasteiger charge is -2.21. The van der Waals surface area contributed by atoms with E-state index in [0.29, 0.717) is 5.92 Å². The van der Waals surface area contributed by atoms with Gasteiger partial charge in [-0.25, -0.2) is 8.42 Å². The molecule has 2 aliphatic rings. The van der Waals surface area contributed by atoms with Crippen LogP contribution in [-0.4, -0.2) is 43.3 Å². The summed E-state index contributed by atoms with van der Waals surface area (Å²) < 4.78 is 24.3. The smallest absolute Gasteiger partial charge is 0.223 e. The lowest BCUT2D eigenvalue weighted by atomic mass is 10.0. The first kappa shape index (κ1) is 15.8. The molecule has 4 nitrogen and oxygen atoms in total. The van der Waals surface area contributed by atoms with E-state index in [1.165, 1.54) is 6.42 Å². The summed E-state index contributed by atoms with van der Waals surface area (Å²) in [7, 11) is -3.06. The van der Waals surface area contributed by atoms with Gasteiger partial charge >= 0.3 is 0 Å². The van der Waals surface area contributed by atoms with Crippen LogP contribution in [0.2, 0.25) is 0 Å². The number of rotatable bonds is 4. The second kappa shape index (κ2) is 6.92. The molecule has 1 aliphatic heterocycles. The van der Waals surface area contributed by atoms with E-state index >= 15 is 0 Å². The van der Waals surface area contributed by atoms with E-state index in [2.05, 4.69) is 6.92 Å². The summed E-state index contributed by atoms with van der Waals surface area (Å²) in [4.78, 5) is 14.0. The number of hydrogen-bond donors (Lipinski definition) is 0. The standard InChI is InChI=1S/C15H27NO3S/c1-13-5-4-10-16(11-8-13)15(17)9-12-20(18,19)14-6-2-3-7-14/h13-14H,2-12H2,1H3. The molecule has 0 aromatic heterocycles. The van der Waals surface area contributed by atoms with Gasteiger partial charge < -0.3 is 4.90 Å². The highest BCUT2D eigenvalue weighted by Gasteiger charge is 2.29. The van der Waals surface area contributed by atoms with Gasteiger partial charge in [-0.3, -0.25) is 4.79 Å². The molecular weight excluding hydrogens is 274 g/mol. The summed E-state index contributed by atoms with van der Waals surface area (Å²) in [5.74, 6) is 0.749. The Labute approximate surface area is 122 Å². The third-order valence-electron chi connectivity index (χ3n) is 4.78. The van der Waals surface area contributed by atoms with Crippen LogP contribution in [0.3, 0.4) is 0 Å². The zero-order valence-electron chi connectivity index (χ0n) is 12.5. The van der Waals surface area contributed by atoms with Crippen LogP contribution in [0.25, 0.3) is 0 Å². The van der Waals surface area contributed by atoms with Gasteiger partial charge in [0.2, 0.25) is 5.91 Å². The molecule has 1 saturated carbocycles. The van der Waals surface area contributed by atoms with Crippen LogP contribution in [0, 0.1) is 5.92 Å². The minimum atomic E-state index is -3.06. The van der Waals surface area contributed by atoms with Gasteiger partial charge in [0.1, 0.15) is 0 Å². The second-order valence-corrected chi connectivity index (χ2v) is 8.84. The Morgan fingerprint density at radius 1 is 1.05 bits per heavy atom. The summed E-state index contributed by atoms with van der Waals surface area (Å²) in [6.45, 7) is 3.81. The molecule has 0 N–H and O–H groups in total. The summed E-state index contributed by atoms with van der Waals surface area (Å²) in [5, 5.41) is -0.181. The van der Waals surface area contributed by atoms with Gasteiger partial charge in [0.05, 0.1) is 11.0 Å². The van der Waals surface area contributed by atoms with Crippen molar-refractivity contribution in [3.8, 4) is 0 Å². The van der Waals surface area contributed by atoms with Crippen molar-refractivity contribution < 1.29 is 13.2 Å². The Kier molecular flexibility index (Phi) is 5.47. The molecule has 0 radical (unpaired) electrons. The summed E-state index contributed by atoms with van der Waals surface area (Å²) in [6, 6.07) is 0. The summed E-state index contributed by atoms with van der Waals surface area (Å²) in [5.41, 5.74) is 0. The van der Waals surface area contributed by atoms with Gasteiger partial charge in [-0.1, -0.05) is 19.8 Å². The predicted molar refractivity (Wildman–Crippen MR) is 80.3 cm³/mol. The Balaban J connectivity index is 1.82. The largest absolute Gasteiger partial charge is 0.343 e. The molecule has 1 amide bonds. The van der Waals surface area contributed by atoms with E-state index in [-0.39, 0.29) is 23.3 Å². The van der Waals surface area contributed by atoms with Gasteiger partial charge in [-0.2, -0.15) is 0 Å². The zero-order chi connectivity index (χ0) is 14.6. The highest BCUT2D eigenvalue weighted by molar-refractivity contribution is 7.92. The number of likely N-dealkylation sites (tertiary alicyclic amines) is 1. The van der Waals surface area contributed by atoms with Crippen molar-refractivity contribution in [2.75, 3.05) is 18.8 Å². The molecule has 0 aromatic rings. The maximum absolute atomic E-state index is 12.2. The molecule has 0 spiro atoms. The Morgan fingerprint density at radius 3 is 2.45 bits per heavy atom. The zero-order valence-corrected chi connectivity index (χ0v) is 13.3. The van der Waals surface area contributed by atoms with Crippen molar-refractivity contribution in [1.29, 1.82) is 0 Å². The van der Waals surface area contributed by atoms with E-state index in [9.17, 15) is 13.2 Å². The molecule has 1 aliphatic carbocycles. The van der Waals surface area contributed by atoms with E-state index in [0.717, 1.165) is 51.6 Å². The summed E-state index contributed by atoms with van der Waals surface area (Å²) in [6.07, 6.45) is 7.04. The Hall–Kier alpha value is -0.580. The molecule has 2 rings (SSSR count). The normalized spacial score (nSPS) is 25.6. The first-order valence-electron chi connectivity index (χ1n) is 7.98. The molecule has 0 aromatic carbocycles. The third-order valence-corrected chi connectivity index (χ3v) is 7.04. The van der Waals surface area contributed by atoms with Crippen LogP contribution in [0.15, 0.2) is 0 Å². The molecular formula is C15H27NO3S. The average molecular weight is 301 g/mol. The Bertz CT molecular complexity index is 426. The van der Waals surface area contributed by atoms with Crippen LogP contribution in [0.5, 0.6) is 0 Å². The SMILES string of the molecule is CC1CCCN(C(=O)CCS(=O)(=O)C2CCCC2)CC1. The van der Waals surface area contributed by atoms with Crippen LogP contribution in [0.4, 0.5) is 0 Å². The first-order valence-corrected chi connectivity index (χ1v) is 9.70. The fraction of sp³-hybridized carbons (Fsp3) is 0.933. The van der Waals surface area contributed by atoms with Crippen LogP contribution in [0.1, 0.15) is 58.3 Å². The number of nitrogens with zero attached hydrogens (tertiary/aromatic N) is 1. The van der Waals surface area contributed by atoms with Crippen LogP contribution >= 0.6 is 0 Å². The van der Waals surface area contributed by atoms with Gasteiger partial charge in [-0.05, 0) is 38.0 Å². The molecule has 1 saturated heterocycles. The van der Waals surface area contributed by atoms with E-state index in [1.807, 2.05) is 4.90 Å². The third kappa shape index (κ3) is 4.21. The van der Waals surface area contributed by atoms with Crippen molar-refractivity contribution in [1.82, 2.24) is 4.90 Å². The fourth-order valence-electron chi connectivity index (χ4n) is 3.31. The maximum atomic E-state index is 12.2. The van der Waals surface area contributed by atoms with E-state index in [1.54, 1.807) is 0 Å². The number of amides is 1. The van der Waals surface area contributed by atoms with Crippen LogP contribution < -0.4 is 0 Å². The lowest BCUT2D eigenvalue weighted by Crippen LogP contribution is -2.34. The number of hydrogen-bond acceptors (Lipinski definition) is 3. The first-order chi connectivity index (χ1) is 9.49. The average Bonchev–Trinajstić information content (AvgIpc) is 2.87. The summed E-state index contributed by atoms with van der Waals surface area (Å²) >= 11 is 0. The quantitative estimate of drug-likeness (QED) is 0.801. The molecule has 1 unspecified atom stereocenters. The number of sulfone groups is 1.